The Morgan fingerprint density at radius 1 is 0.939 bits per heavy atom. The molecule has 1 aromatic heterocycles. The third-order valence-corrected chi connectivity index (χ3v) is 5.40. The maximum Gasteiger partial charge on any atom is 0.239 e. The number of hydrogen-bond donors (Lipinski definition) is 6. The molecule has 11 nitrogen and oxygen atoms in total. The minimum absolute atomic E-state index is 0.0565. The first-order valence-electron chi connectivity index (χ1n) is 9.88. The summed E-state index contributed by atoms with van der Waals surface area (Å²) in [4.78, 5) is 13.3. The van der Waals surface area contributed by atoms with E-state index < -0.39 is 47.6 Å². The number of phenols is 3. The lowest BCUT2D eigenvalue weighted by molar-refractivity contribution is -0.268. The summed E-state index contributed by atoms with van der Waals surface area (Å²) in [5, 5.41) is 60.0. The SMILES string of the molecule is COc1cc(-c2oc3cc(O)cc(O)c3c(=O)c2O[C@H]2O[C@H](C)[C@@H](O)[C@H](O)[C@@H]2O)ccc1O. The molecule has 11 heteroatoms. The summed E-state index contributed by atoms with van der Waals surface area (Å²) < 4.78 is 21.9. The van der Waals surface area contributed by atoms with Crippen molar-refractivity contribution in [3.63, 3.8) is 0 Å². The van der Waals surface area contributed by atoms with Crippen LogP contribution in [0, 0.1) is 0 Å². The molecule has 0 spiro atoms. The summed E-state index contributed by atoms with van der Waals surface area (Å²) in [5.74, 6) is -1.74. The van der Waals surface area contributed by atoms with Crippen molar-refractivity contribution in [2.45, 2.75) is 37.6 Å². The van der Waals surface area contributed by atoms with Crippen LogP contribution < -0.4 is 14.9 Å². The number of methoxy groups -OCH3 is 1. The van der Waals surface area contributed by atoms with Crippen LogP contribution in [-0.4, -0.2) is 68.5 Å². The maximum absolute atomic E-state index is 13.3. The van der Waals surface area contributed by atoms with E-state index in [2.05, 4.69) is 0 Å². The average Bonchev–Trinajstić information content (AvgIpc) is 2.77. The summed E-state index contributed by atoms with van der Waals surface area (Å²) in [7, 11) is 1.32. The van der Waals surface area contributed by atoms with Crippen molar-refractivity contribution >= 4 is 11.0 Å². The Morgan fingerprint density at radius 3 is 2.36 bits per heavy atom. The molecule has 0 saturated carbocycles. The van der Waals surface area contributed by atoms with Crippen LogP contribution in [0.3, 0.4) is 0 Å². The summed E-state index contributed by atoms with van der Waals surface area (Å²) in [6.45, 7) is 1.44. The van der Waals surface area contributed by atoms with E-state index in [1.807, 2.05) is 0 Å². The van der Waals surface area contributed by atoms with Gasteiger partial charge >= 0.3 is 0 Å². The molecule has 0 radical (unpaired) electrons. The Bertz CT molecular complexity index is 1250. The summed E-state index contributed by atoms with van der Waals surface area (Å²) in [5.41, 5.74) is -0.818. The van der Waals surface area contributed by atoms with E-state index in [4.69, 9.17) is 18.6 Å². The van der Waals surface area contributed by atoms with Gasteiger partial charge < -0.3 is 49.3 Å². The average molecular weight is 462 g/mol. The number of aromatic hydroxyl groups is 3. The second kappa shape index (κ2) is 8.45. The van der Waals surface area contributed by atoms with E-state index in [1.165, 1.54) is 32.2 Å². The second-order valence-corrected chi connectivity index (χ2v) is 7.61. The number of benzene rings is 2. The molecule has 3 aromatic rings. The van der Waals surface area contributed by atoms with Crippen molar-refractivity contribution in [3.8, 4) is 40.1 Å². The Morgan fingerprint density at radius 2 is 1.67 bits per heavy atom. The Balaban J connectivity index is 1.93. The highest BCUT2D eigenvalue weighted by Crippen LogP contribution is 2.39. The molecule has 0 unspecified atom stereocenters. The maximum atomic E-state index is 13.3. The highest BCUT2D eigenvalue weighted by molar-refractivity contribution is 5.88. The summed E-state index contributed by atoms with van der Waals surface area (Å²) >= 11 is 0. The van der Waals surface area contributed by atoms with Crippen molar-refractivity contribution in [1.82, 2.24) is 0 Å². The normalized spacial score (nSPS) is 25.2. The largest absolute Gasteiger partial charge is 0.508 e. The van der Waals surface area contributed by atoms with Gasteiger partial charge in [0.1, 0.15) is 40.8 Å². The molecule has 33 heavy (non-hydrogen) atoms. The number of aliphatic hydroxyl groups excluding tert-OH is 3. The van der Waals surface area contributed by atoms with Crippen molar-refractivity contribution in [3.05, 3.63) is 40.6 Å². The molecule has 1 aliphatic rings. The molecule has 0 aliphatic carbocycles. The quantitative estimate of drug-likeness (QED) is 0.323. The van der Waals surface area contributed by atoms with Gasteiger partial charge in [-0.05, 0) is 25.1 Å². The lowest BCUT2D eigenvalue weighted by atomic mass is 10.00. The monoisotopic (exact) mass is 462 g/mol. The van der Waals surface area contributed by atoms with Gasteiger partial charge in [-0.25, -0.2) is 0 Å². The van der Waals surface area contributed by atoms with Crippen molar-refractivity contribution in [2.75, 3.05) is 7.11 Å². The van der Waals surface area contributed by atoms with Gasteiger partial charge in [0.05, 0.1) is 13.2 Å². The Hall–Kier alpha value is -3.51. The van der Waals surface area contributed by atoms with Gasteiger partial charge in [-0.3, -0.25) is 4.79 Å². The van der Waals surface area contributed by atoms with Gasteiger partial charge in [0, 0.05) is 17.7 Å². The van der Waals surface area contributed by atoms with Crippen molar-refractivity contribution in [2.24, 2.45) is 0 Å². The number of fused-ring (bicyclic) bond motifs is 1. The molecule has 5 atom stereocenters. The van der Waals surface area contributed by atoms with E-state index in [1.54, 1.807) is 0 Å². The van der Waals surface area contributed by atoms with E-state index in [0.717, 1.165) is 12.1 Å². The summed E-state index contributed by atoms with van der Waals surface area (Å²) in [6.07, 6.45) is -7.24. The Labute approximate surface area is 186 Å². The van der Waals surface area contributed by atoms with Gasteiger partial charge in [0.15, 0.2) is 17.3 Å². The molecule has 0 bridgehead atoms. The third kappa shape index (κ3) is 3.91. The van der Waals surface area contributed by atoms with Crippen LogP contribution in [-0.2, 0) is 4.74 Å². The number of aliphatic hydroxyl groups is 3. The molecule has 1 fully saturated rings. The van der Waals surface area contributed by atoms with E-state index in [-0.39, 0.29) is 39.5 Å². The lowest BCUT2D eigenvalue weighted by Gasteiger charge is -2.38. The van der Waals surface area contributed by atoms with Crippen LogP contribution >= 0.6 is 0 Å². The first-order chi connectivity index (χ1) is 15.6. The predicted octanol–water partition coefficient (Wildman–Crippen LogP) is 0.792. The number of ether oxygens (including phenoxy) is 3. The van der Waals surface area contributed by atoms with Crippen LogP contribution in [0.25, 0.3) is 22.3 Å². The molecule has 2 aromatic carbocycles. The molecule has 0 amide bonds. The van der Waals surface area contributed by atoms with E-state index >= 15 is 0 Å². The Kier molecular flexibility index (Phi) is 5.80. The molecular formula is C22H22O11. The number of phenolic OH excluding ortho intramolecular Hbond substituents is 3. The topological polar surface area (TPSA) is 179 Å². The van der Waals surface area contributed by atoms with Crippen LogP contribution in [0.5, 0.6) is 28.7 Å². The second-order valence-electron chi connectivity index (χ2n) is 7.61. The fourth-order valence-corrected chi connectivity index (χ4v) is 3.61. The predicted molar refractivity (Wildman–Crippen MR) is 112 cm³/mol. The molecule has 1 saturated heterocycles. The zero-order chi connectivity index (χ0) is 24.0. The summed E-state index contributed by atoms with van der Waals surface area (Å²) in [6, 6.07) is 6.11. The van der Waals surface area contributed by atoms with Crippen LogP contribution in [0.4, 0.5) is 0 Å². The number of hydrogen-bond acceptors (Lipinski definition) is 11. The molecular weight excluding hydrogens is 440 g/mol. The number of rotatable bonds is 4. The zero-order valence-corrected chi connectivity index (χ0v) is 17.5. The lowest BCUT2D eigenvalue weighted by Crippen LogP contribution is -2.58. The molecule has 6 N–H and O–H groups in total. The smallest absolute Gasteiger partial charge is 0.239 e. The molecule has 176 valence electrons. The van der Waals surface area contributed by atoms with Crippen LogP contribution in [0.2, 0.25) is 0 Å². The highest BCUT2D eigenvalue weighted by Gasteiger charge is 2.44. The van der Waals surface area contributed by atoms with E-state index in [0.29, 0.717) is 0 Å². The van der Waals surface area contributed by atoms with Crippen LogP contribution in [0.1, 0.15) is 6.92 Å². The van der Waals surface area contributed by atoms with Gasteiger partial charge in [0.2, 0.25) is 17.5 Å². The van der Waals surface area contributed by atoms with Gasteiger partial charge in [-0.2, -0.15) is 0 Å². The van der Waals surface area contributed by atoms with Gasteiger partial charge in [0.25, 0.3) is 0 Å². The fourth-order valence-electron chi connectivity index (χ4n) is 3.61. The molecule has 2 heterocycles. The van der Waals surface area contributed by atoms with Crippen LogP contribution in [0.15, 0.2) is 39.5 Å². The standard InChI is InChI=1S/C22H22O11/c1-8-16(26)18(28)19(29)22(31-8)33-21-17(27)15-12(25)6-10(23)7-14(15)32-20(21)9-3-4-11(24)13(5-9)30-2/h3-8,16,18-19,22-26,28-29H,1-2H3/t8-,16-,18+,19+,22-/m1/s1. The zero-order valence-electron chi connectivity index (χ0n) is 17.5. The van der Waals surface area contributed by atoms with Gasteiger partial charge in [-0.15, -0.1) is 0 Å². The minimum atomic E-state index is -1.72. The van der Waals surface area contributed by atoms with Gasteiger partial charge in [-0.1, -0.05) is 0 Å². The third-order valence-electron chi connectivity index (χ3n) is 5.40. The molecule has 1 aliphatic heterocycles. The first-order valence-corrected chi connectivity index (χ1v) is 9.88. The van der Waals surface area contributed by atoms with E-state index in [9.17, 15) is 35.4 Å². The first kappa shape index (κ1) is 22.7. The fraction of sp³-hybridized carbons (Fsp3) is 0.318. The minimum Gasteiger partial charge on any atom is -0.508 e. The van der Waals surface area contributed by atoms with Crippen molar-refractivity contribution < 1.29 is 49.3 Å². The van der Waals surface area contributed by atoms with Crippen molar-refractivity contribution in [1.29, 1.82) is 0 Å². The molecule has 4 rings (SSSR count). The highest BCUT2D eigenvalue weighted by atomic mass is 16.7.